The lowest BCUT2D eigenvalue weighted by molar-refractivity contribution is -0.290. The van der Waals surface area contributed by atoms with Gasteiger partial charge in [-0.25, -0.2) is 4.98 Å². The highest BCUT2D eigenvalue weighted by atomic mass is 19.4. The summed E-state index contributed by atoms with van der Waals surface area (Å²) in [5.74, 6) is -6.76. The van der Waals surface area contributed by atoms with Crippen molar-refractivity contribution in [3.05, 3.63) is 23.4 Å². The molecule has 1 aromatic rings. The Bertz CT molecular complexity index is 790. The molecule has 1 aliphatic carbocycles. The summed E-state index contributed by atoms with van der Waals surface area (Å²) >= 11 is 0. The van der Waals surface area contributed by atoms with Crippen molar-refractivity contribution in [2.75, 3.05) is 13.7 Å². The first-order chi connectivity index (χ1) is 13.9. The van der Waals surface area contributed by atoms with Gasteiger partial charge in [0.25, 0.3) is 5.91 Å². The molecule has 1 aromatic heterocycles. The van der Waals surface area contributed by atoms with E-state index in [9.17, 15) is 31.5 Å². The molecule has 0 atom stereocenters. The number of pyridine rings is 1. The molecule has 0 aromatic carbocycles. The third-order valence-electron chi connectivity index (χ3n) is 5.17. The zero-order valence-corrected chi connectivity index (χ0v) is 16.8. The molecule has 6 nitrogen and oxygen atoms in total. The maximum absolute atomic E-state index is 13.3. The number of halogens is 5. The molecule has 2 N–H and O–H groups in total. The summed E-state index contributed by atoms with van der Waals surface area (Å²) in [5.41, 5.74) is -1.10. The number of rotatable bonds is 9. The summed E-state index contributed by atoms with van der Waals surface area (Å²) < 4.78 is 68.6. The highest BCUT2D eigenvalue weighted by molar-refractivity contribution is 5.98. The molecular formula is C19H24F5N3O3. The molecule has 0 unspecified atom stereocenters. The van der Waals surface area contributed by atoms with Crippen LogP contribution in [0.4, 0.5) is 22.0 Å². The van der Waals surface area contributed by atoms with E-state index in [4.69, 9.17) is 4.74 Å². The number of likely N-dealkylation sites (N-methyl/N-ethyl adjacent to an activating group) is 1. The Hall–Kier alpha value is -2.46. The number of hydrogen-bond donors (Lipinski definition) is 2. The Morgan fingerprint density at radius 1 is 1.13 bits per heavy atom. The maximum Gasteiger partial charge on any atom is 0.456 e. The molecule has 0 spiro atoms. The molecule has 0 saturated heterocycles. The molecule has 168 valence electrons. The lowest BCUT2D eigenvalue weighted by Crippen LogP contribution is -2.57. The van der Waals surface area contributed by atoms with Gasteiger partial charge in [0.2, 0.25) is 11.8 Å². The monoisotopic (exact) mass is 437 g/mol. The topological polar surface area (TPSA) is 80.3 Å². The van der Waals surface area contributed by atoms with Gasteiger partial charge in [-0.1, -0.05) is 19.9 Å². The molecule has 1 saturated carbocycles. The minimum atomic E-state index is -5.77. The maximum atomic E-state index is 13.3. The van der Waals surface area contributed by atoms with Crippen LogP contribution in [0.5, 0.6) is 5.88 Å². The van der Waals surface area contributed by atoms with Crippen LogP contribution in [0.2, 0.25) is 0 Å². The predicted octanol–water partition coefficient (Wildman–Crippen LogP) is 3.57. The molecule has 1 aliphatic rings. The van der Waals surface area contributed by atoms with Gasteiger partial charge >= 0.3 is 12.1 Å². The molecule has 11 heteroatoms. The minimum absolute atomic E-state index is 0.0691. The Morgan fingerprint density at radius 2 is 1.73 bits per heavy atom. The normalized spacial score (nSPS) is 14.9. The molecule has 0 bridgehead atoms. The largest absolute Gasteiger partial charge is 0.471 e. The first-order valence-electron chi connectivity index (χ1n) is 9.53. The second-order valence-electron chi connectivity index (χ2n) is 7.18. The van der Waals surface area contributed by atoms with Crippen LogP contribution < -0.4 is 15.4 Å². The van der Waals surface area contributed by atoms with E-state index >= 15 is 0 Å². The quantitative estimate of drug-likeness (QED) is 0.579. The van der Waals surface area contributed by atoms with E-state index < -0.39 is 41.9 Å². The summed E-state index contributed by atoms with van der Waals surface area (Å²) in [5, 5.41) is 5.06. The van der Waals surface area contributed by atoms with Gasteiger partial charge in [-0.05, 0) is 37.7 Å². The summed E-state index contributed by atoms with van der Waals surface area (Å²) in [4.78, 5) is 28.8. The van der Waals surface area contributed by atoms with Crippen molar-refractivity contribution in [2.24, 2.45) is 0 Å². The molecule has 1 fully saturated rings. The summed E-state index contributed by atoms with van der Waals surface area (Å²) in [6.45, 7) is 1.47. The van der Waals surface area contributed by atoms with E-state index in [0.717, 1.165) is 0 Å². The van der Waals surface area contributed by atoms with Gasteiger partial charge in [-0.2, -0.15) is 22.0 Å². The number of ether oxygens (including phenoxy) is 1. The lowest BCUT2D eigenvalue weighted by atomic mass is 9.91. The molecule has 2 rings (SSSR count). The van der Waals surface area contributed by atoms with Crippen LogP contribution in [0.25, 0.3) is 0 Å². The van der Waals surface area contributed by atoms with E-state index in [-0.39, 0.29) is 24.5 Å². The van der Waals surface area contributed by atoms with Crippen molar-refractivity contribution < 1.29 is 36.3 Å². The van der Waals surface area contributed by atoms with Gasteiger partial charge < -0.3 is 15.4 Å². The summed E-state index contributed by atoms with van der Waals surface area (Å²) in [6, 6.07) is 2.76. The number of amides is 2. The molecule has 1 heterocycles. The molecule has 30 heavy (non-hydrogen) atoms. The van der Waals surface area contributed by atoms with E-state index in [1.807, 2.05) is 0 Å². The first kappa shape index (κ1) is 23.8. The first-order valence-corrected chi connectivity index (χ1v) is 9.53. The van der Waals surface area contributed by atoms with Gasteiger partial charge in [0.1, 0.15) is 11.2 Å². The third kappa shape index (κ3) is 4.99. The van der Waals surface area contributed by atoms with Crippen LogP contribution in [0, 0.1) is 0 Å². The number of hydrogen-bond acceptors (Lipinski definition) is 4. The highest BCUT2D eigenvalue weighted by Gasteiger charge is 2.58. The van der Waals surface area contributed by atoms with E-state index in [2.05, 4.69) is 15.6 Å². The summed E-state index contributed by atoms with van der Waals surface area (Å²) in [6.07, 6.45) is -3.79. The number of nitrogens with zero attached hydrogens (tertiary/aromatic N) is 1. The van der Waals surface area contributed by atoms with Crippen molar-refractivity contribution in [2.45, 2.75) is 63.1 Å². The Labute approximate surface area is 170 Å². The van der Waals surface area contributed by atoms with Crippen molar-refractivity contribution in [3.63, 3.8) is 0 Å². The van der Waals surface area contributed by atoms with Crippen molar-refractivity contribution >= 4 is 11.8 Å². The second kappa shape index (κ2) is 8.73. The molecule has 0 radical (unpaired) electrons. The van der Waals surface area contributed by atoms with Crippen molar-refractivity contribution in [1.29, 1.82) is 0 Å². The second-order valence-corrected chi connectivity index (χ2v) is 7.18. The van der Waals surface area contributed by atoms with Crippen LogP contribution in [0.1, 0.15) is 61.5 Å². The molecule has 0 aliphatic heterocycles. The van der Waals surface area contributed by atoms with Crippen LogP contribution in [-0.2, 0) is 4.79 Å². The Balaban J connectivity index is 2.28. The zero-order valence-electron chi connectivity index (χ0n) is 16.8. The highest BCUT2D eigenvalue weighted by Crippen LogP contribution is 2.44. The van der Waals surface area contributed by atoms with Crippen LogP contribution in [0.15, 0.2) is 12.1 Å². The molecule has 2 amide bonds. The standard InChI is InChI=1S/C19H24F5N3O3/c1-4-17(5-2,16(29)25-3)27-14(28)13-9-8-12(11-6-7-11)15(26-13)30-10-18(20,21)19(22,23)24/h8-9,11H,4-7,10H2,1-3H3,(H,25,29)(H,27,28). The Kier molecular flexibility index (Phi) is 6.93. The minimum Gasteiger partial charge on any atom is -0.471 e. The Morgan fingerprint density at radius 3 is 2.20 bits per heavy atom. The zero-order chi connectivity index (χ0) is 22.7. The smallest absolute Gasteiger partial charge is 0.456 e. The fraction of sp³-hybridized carbons (Fsp3) is 0.632. The fourth-order valence-corrected chi connectivity index (χ4v) is 2.96. The number of carbonyl (C=O) groups excluding carboxylic acids is 2. The van der Waals surface area contributed by atoms with Gasteiger partial charge in [0.05, 0.1) is 0 Å². The SMILES string of the molecule is CCC(CC)(NC(=O)c1ccc(C2CC2)c(OCC(F)(F)C(F)(F)F)n1)C(=O)NC. The van der Waals surface area contributed by atoms with Crippen molar-refractivity contribution in [1.82, 2.24) is 15.6 Å². The number of aromatic nitrogens is 1. The summed E-state index contributed by atoms with van der Waals surface area (Å²) in [7, 11) is 1.42. The average molecular weight is 437 g/mol. The van der Waals surface area contributed by atoms with Crippen molar-refractivity contribution in [3.8, 4) is 5.88 Å². The fourth-order valence-electron chi connectivity index (χ4n) is 2.96. The van der Waals surface area contributed by atoms with Crippen LogP contribution >= 0.6 is 0 Å². The van der Waals surface area contributed by atoms with Gasteiger partial charge in [-0.15, -0.1) is 0 Å². The number of alkyl halides is 5. The van der Waals surface area contributed by atoms with Gasteiger partial charge in [0, 0.05) is 12.6 Å². The number of nitrogens with one attached hydrogen (secondary N) is 2. The average Bonchev–Trinajstić information content (AvgIpc) is 3.54. The third-order valence-corrected chi connectivity index (χ3v) is 5.17. The molecular weight excluding hydrogens is 413 g/mol. The van der Waals surface area contributed by atoms with Gasteiger partial charge in [-0.3, -0.25) is 9.59 Å². The van der Waals surface area contributed by atoms with Crippen LogP contribution in [0.3, 0.4) is 0 Å². The van der Waals surface area contributed by atoms with Crippen LogP contribution in [-0.4, -0.2) is 48.1 Å². The van der Waals surface area contributed by atoms with E-state index in [1.165, 1.54) is 19.2 Å². The lowest BCUT2D eigenvalue weighted by Gasteiger charge is -2.30. The van der Waals surface area contributed by atoms with Gasteiger partial charge in [0.15, 0.2) is 6.61 Å². The van der Waals surface area contributed by atoms with E-state index in [1.54, 1.807) is 13.8 Å². The predicted molar refractivity (Wildman–Crippen MR) is 97.6 cm³/mol. The number of carbonyl (C=O) groups is 2. The van der Waals surface area contributed by atoms with E-state index in [0.29, 0.717) is 18.4 Å².